The highest BCUT2D eigenvalue weighted by Crippen LogP contribution is 2.20. The third kappa shape index (κ3) is 5.35. The Balaban J connectivity index is 0.00000264. The molecule has 0 amide bonds. The van der Waals surface area contributed by atoms with Gasteiger partial charge >= 0.3 is 0 Å². The number of benzene rings is 1. The van der Waals surface area contributed by atoms with Gasteiger partial charge in [0.1, 0.15) is 5.82 Å². The summed E-state index contributed by atoms with van der Waals surface area (Å²) in [6, 6.07) is 6.48. The topological polar surface area (TPSA) is 53.7 Å². The minimum atomic E-state index is -0.333. The summed E-state index contributed by atoms with van der Waals surface area (Å²) in [6.45, 7) is 2.61. The van der Waals surface area contributed by atoms with Gasteiger partial charge in [0.05, 0.1) is 12.2 Å². The van der Waals surface area contributed by atoms with E-state index in [1.165, 1.54) is 6.07 Å². The lowest BCUT2D eigenvalue weighted by Gasteiger charge is -2.22. The van der Waals surface area contributed by atoms with E-state index >= 15 is 0 Å². The first-order valence-electron chi connectivity index (χ1n) is 6.78. The van der Waals surface area contributed by atoms with Crippen LogP contribution in [0, 0.1) is 12.7 Å². The number of halogens is 3. The molecule has 0 unspecified atom stereocenters. The molecular weight excluding hydrogens is 434 g/mol. The molecule has 0 saturated carbocycles. The molecule has 0 bridgehead atoms. The van der Waals surface area contributed by atoms with E-state index in [4.69, 9.17) is 16.1 Å². The summed E-state index contributed by atoms with van der Waals surface area (Å²) in [7, 11) is 3.47. The first-order chi connectivity index (χ1) is 10.5. The second-order valence-electron chi connectivity index (χ2n) is 4.89. The number of guanidine groups is 1. The molecule has 126 valence electrons. The molecule has 1 N–H and O–H groups in total. The van der Waals surface area contributed by atoms with Crippen molar-refractivity contribution in [2.45, 2.75) is 20.0 Å². The van der Waals surface area contributed by atoms with Gasteiger partial charge in [-0.1, -0.05) is 22.8 Å². The highest BCUT2D eigenvalue weighted by Gasteiger charge is 2.13. The van der Waals surface area contributed by atoms with Crippen molar-refractivity contribution in [3.05, 3.63) is 52.1 Å². The predicted octanol–water partition coefficient (Wildman–Crippen LogP) is 3.60. The molecular formula is C15H19ClFIN4O. The van der Waals surface area contributed by atoms with Gasteiger partial charge in [-0.15, -0.1) is 24.0 Å². The zero-order valence-electron chi connectivity index (χ0n) is 13.1. The number of hydrogen-bond acceptors (Lipinski definition) is 3. The Morgan fingerprint density at radius 2 is 2.22 bits per heavy atom. The highest BCUT2D eigenvalue weighted by molar-refractivity contribution is 14.0. The van der Waals surface area contributed by atoms with Gasteiger partial charge in [0.25, 0.3) is 0 Å². The van der Waals surface area contributed by atoms with Gasteiger partial charge in [-0.25, -0.2) is 4.39 Å². The quantitative estimate of drug-likeness (QED) is 0.438. The Bertz CT molecular complexity index is 657. The van der Waals surface area contributed by atoms with Gasteiger partial charge in [-0.05, 0) is 19.1 Å². The molecule has 8 heteroatoms. The van der Waals surface area contributed by atoms with Crippen molar-refractivity contribution in [1.82, 2.24) is 15.4 Å². The summed E-state index contributed by atoms with van der Waals surface area (Å²) in [4.78, 5) is 5.95. The molecule has 0 atom stereocenters. The first-order valence-corrected chi connectivity index (χ1v) is 7.16. The molecule has 2 rings (SSSR count). The third-order valence-corrected chi connectivity index (χ3v) is 3.48. The summed E-state index contributed by atoms with van der Waals surface area (Å²) >= 11 is 6.05. The minimum absolute atomic E-state index is 0. The summed E-state index contributed by atoms with van der Waals surface area (Å²) < 4.78 is 19.0. The lowest BCUT2D eigenvalue weighted by atomic mass is 10.2. The van der Waals surface area contributed by atoms with Crippen molar-refractivity contribution in [2.75, 3.05) is 14.1 Å². The van der Waals surface area contributed by atoms with E-state index in [0.717, 1.165) is 5.69 Å². The van der Waals surface area contributed by atoms with Crippen LogP contribution in [0.5, 0.6) is 0 Å². The Hall–Kier alpha value is -1.35. The molecule has 2 aromatic rings. The van der Waals surface area contributed by atoms with Gasteiger partial charge in [-0.3, -0.25) is 4.99 Å². The molecule has 0 fully saturated rings. The maximum Gasteiger partial charge on any atom is 0.194 e. The molecule has 0 saturated heterocycles. The second-order valence-corrected chi connectivity index (χ2v) is 5.30. The van der Waals surface area contributed by atoms with Crippen LogP contribution in [-0.4, -0.2) is 30.1 Å². The van der Waals surface area contributed by atoms with E-state index in [0.29, 0.717) is 35.4 Å². The number of aromatic nitrogens is 1. The number of nitrogens with zero attached hydrogens (tertiary/aromatic N) is 3. The number of rotatable bonds is 4. The van der Waals surface area contributed by atoms with Crippen LogP contribution >= 0.6 is 35.6 Å². The Kier molecular flexibility index (Phi) is 7.77. The Morgan fingerprint density at radius 1 is 1.48 bits per heavy atom. The fourth-order valence-corrected chi connectivity index (χ4v) is 2.27. The fourth-order valence-electron chi connectivity index (χ4n) is 2.05. The van der Waals surface area contributed by atoms with Gasteiger partial charge in [0.15, 0.2) is 11.7 Å². The summed E-state index contributed by atoms with van der Waals surface area (Å²) in [5.41, 5.74) is 1.25. The lowest BCUT2D eigenvalue weighted by Crippen LogP contribution is -2.38. The van der Waals surface area contributed by atoms with Crippen molar-refractivity contribution in [3.63, 3.8) is 0 Å². The van der Waals surface area contributed by atoms with E-state index in [2.05, 4.69) is 15.5 Å². The van der Waals surface area contributed by atoms with E-state index in [1.54, 1.807) is 24.1 Å². The van der Waals surface area contributed by atoms with Crippen LogP contribution in [0.15, 0.2) is 33.8 Å². The number of aliphatic imine (C=N–C) groups is 1. The Morgan fingerprint density at radius 3 is 2.78 bits per heavy atom. The van der Waals surface area contributed by atoms with Crippen LogP contribution in [0.3, 0.4) is 0 Å². The predicted molar refractivity (Wildman–Crippen MR) is 99.7 cm³/mol. The van der Waals surface area contributed by atoms with Crippen molar-refractivity contribution < 1.29 is 8.91 Å². The molecule has 0 spiro atoms. The molecule has 1 aromatic heterocycles. The maximum absolute atomic E-state index is 13.8. The summed E-state index contributed by atoms with van der Waals surface area (Å²) in [6.07, 6.45) is 0. The van der Waals surface area contributed by atoms with Crippen molar-refractivity contribution >= 4 is 41.5 Å². The summed E-state index contributed by atoms with van der Waals surface area (Å²) in [5, 5.41) is 7.35. The Labute approximate surface area is 156 Å². The minimum Gasteiger partial charge on any atom is -0.359 e. The fraction of sp³-hybridized carbons (Fsp3) is 0.333. The van der Waals surface area contributed by atoms with Crippen molar-refractivity contribution in [1.29, 1.82) is 0 Å². The molecule has 0 aliphatic heterocycles. The lowest BCUT2D eigenvalue weighted by molar-refractivity contribution is 0.372. The monoisotopic (exact) mass is 452 g/mol. The molecule has 5 nitrogen and oxygen atoms in total. The van der Waals surface area contributed by atoms with Crippen LogP contribution < -0.4 is 5.32 Å². The average molecular weight is 453 g/mol. The van der Waals surface area contributed by atoms with Crippen LogP contribution in [-0.2, 0) is 13.1 Å². The van der Waals surface area contributed by atoms with E-state index < -0.39 is 0 Å². The summed E-state index contributed by atoms with van der Waals surface area (Å²) in [5.74, 6) is 0.977. The van der Waals surface area contributed by atoms with Crippen LogP contribution in [0.2, 0.25) is 5.02 Å². The van der Waals surface area contributed by atoms with Crippen molar-refractivity contribution in [2.24, 2.45) is 4.99 Å². The molecule has 0 radical (unpaired) electrons. The highest BCUT2D eigenvalue weighted by atomic mass is 127. The van der Waals surface area contributed by atoms with E-state index in [-0.39, 0.29) is 29.8 Å². The molecule has 1 aromatic carbocycles. The molecule has 0 aliphatic rings. The standard InChI is InChI=1S/C15H18ClFN4O.HI/c1-10-7-11(22-20-10)8-19-15(18-2)21(3)9-12-13(16)5-4-6-14(12)17;/h4-7H,8-9H2,1-3H3,(H,18,19);1H. The van der Waals surface area contributed by atoms with Crippen LogP contribution in [0.25, 0.3) is 0 Å². The smallest absolute Gasteiger partial charge is 0.194 e. The van der Waals surface area contributed by atoms with Crippen LogP contribution in [0.1, 0.15) is 17.0 Å². The van der Waals surface area contributed by atoms with Gasteiger partial charge < -0.3 is 14.7 Å². The van der Waals surface area contributed by atoms with Gasteiger partial charge in [-0.2, -0.15) is 0 Å². The SMILES string of the molecule is CN=C(NCc1cc(C)no1)N(C)Cc1c(F)cccc1Cl.I. The second kappa shape index (κ2) is 9.07. The largest absolute Gasteiger partial charge is 0.359 e. The number of nitrogens with one attached hydrogen (secondary N) is 1. The van der Waals surface area contributed by atoms with Gasteiger partial charge in [0.2, 0.25) is 0 Å². The normalized spacial score (nSPS) is 11.1. The van der Waals surface area contributed by atoms with E-state index in [9.17, 15) is 4.39 Å². The molecule has 1 heterocycles. The zero-order chi connectivity index (χ0) is 16.1. The zero-order valence-corrected chi connectivity index (χ0v) is 16.2. The number of hydrogen-bond donors (Lipinski definition) is 1. The number of aryl methyl sites for hydroxylation is 1. The van der Waals surface area contributed by atoms with Crippen LogP contribution in [0.4, 0.5) is 4.39 Å². The molecule has 0 aliphatic carbocycles. The van der Waals surface area contributed by atoms with Crippen molar-refractivity contribution in [3.8, 4) is 0 Å². The average Bonchev–Trinajstić information content (AvgIpc) is 2.89. The third-order valence-electron chi connectivity index (χ3n) is 3.13. The van der Waals surface area contributed by atoms with Gasteiger partial charge in [0, 0.05) is 37.3 Å². The molecule has 23 heavy (non-hydrogen) atoms. The first kappa shape index (κ1) is 19.7. The maximum atomic E-state index is 13.8. The van der Waals surface area contributed by atoms with E-state index in [1.807, 2.05) is 20.0 Å².